The molecular formula is C44H48FeP2. The first-order valence-corrected chi connectivity index (χ1v) is 20.8. The minimum absolute atomic E-state index is 0. The molecule has 0 N–H and O–H groups in total. The Hall–Kier alpha value is -2.26. The van der Waals surface area contributed by atoms with Crippen molar-refractivity contribution in [3.63, 3.8) is 0 Å². The van der Waals surface area contributed by atoms with Gasteiger partial charge in [0.2, 0.25) is 0 Å². The van der Waals surface area contributed by atoms with Gasteiger partial charge in [-0.05, 0) is 103 Å². The molecule has 0 radical (unpaired) electrons. The Morgan fingerprint density at radius 3 is 1.66 bits per heavy atom. The van der Waals surface area contributed by atoms with Crippen LogP contribution >= 0.6 is 15.8 Å². The van der Waals surface area contributed by atoms with Crippen LogP contribution in [0.15, 0.2) is 133 Å². The van der Waals surface area contributed by atoms with Crippen LogP contribution in [0.3, 0.4) is 0 Å². The summed E-state index contributed by atoms with van der Waals surface area (Å²) >= 11 is 0. The van der Waals surface area contributed by atoms with Crippen molar-refractivity contribution in [1.29, 1.82) is 0 Å². The van der Waals surface area contributed by atoms with E-state index in [0.29, 0.717) is 5.66 Å². The van der Waals surface area contributed by atoms with E-state index >= 15 is 0 Å². The van der Waals surface area contributed by atoms with Gasteiger partial charge in [-0.3, -0.25) is 0 Å². The van der Waals surface area contributed by atoms with Gasteiger partial charge in [0.1, 0.15) is 0 Å². The monoisotopic (exact) mass is 694 g/mol. The molecule has 0 spiro atoms. The average Bonchev–Trinajstić information content (AvgIpc) is 3.97. The van der Waals surface area contributed by atoms with Gasteiger partial charge in [0, 0.05) is 0 Å². The predicted octanol–water partition coefficient (Wildman–Crippen LogP) is 11.2. The summed E-state index contributed by atoms with van der Waals surface area (Å²) < 4.78 is 0. The van der Waals surface area contributed by atoms with Crippen molar-refractivity contribution in [1.82, 2.24) is 0 Å². The molecule has 0 heterocycles. The Morgan fingerprint density at radius 2 is 1.17 bits per heavy atom. The van der Waals surface area contributed by atoms with Gasteiger partial charge in [0.25, 0.3) is 0 Å². The summed E-state index contributed by atoms with van der Waals surface area (Å²) in [5, 5.41) is 4.38. The molecule has 0 amide bonds. The molecule has 5 aromatic rings. The maximum absolute atomic E-state index is 2.67. The third kappa shape index (κ3) is 6.82. The molecule has 0 aromatic heterocycles. The maximum atomic E-state index is 2.67. The van der Waals surface area contributed by atoms with Gasteiger partial charge in [-0.1, -0.05) is 110 Å². The van der Waals surface area contributed by atoms with E-state index in [1.54, 1.807) is 31.2 Å². The maximum Gasteiger partial charge on any atom is 2.00 e. The Kier molecular flexibility index (Phi) is 10.7. The molecule has 3 heteroatoms. The van der Waals surface area contributed by atoms with E-state index in [1.165, 1.54) is 52.7 Å². The van der Waals surface area contributed by atoms with Crippen LogP contribution < -0.4 is 15.9 Å². The molecule has 4 aliphatic carbocycles. The zero-order chi connectivity index (χ0) is 30.9. The number of hydrogen-bond acceptors (Lipinski definition) is 0. The van der Waals surface area contributed by atoms with E-state index in [9.17, 15) is 0 Å². The minimum atomic E-state index is -0.639. The largest absolute Gasteiger partial charge is 2.00 e. The predicted molar refractivity (Wildman–Crippen MR) is 202 cm³/mol. The van der Waals surface area contributed by atoms with Crippen LogP contribution in [-0.2, 0) is 17.1 Å². The van der Waals surface area contributed by atoms with Crippen LogP contribution in [0, 0.1) is 23.7 Å². The van der Waals surface area contributed by atoms with Gasteiger partial charge >= 0.3 is 17.1 Å². The van der Waals surface area contributed by atoms with Gasteiger partial charge in [-0.15, -0.1) is 25.1 Å². The topological polar surface area (TPSA) is 0 Å². The van der Waals surface area contributed by atoms with Crippen molar-refractivity contribution in [2.45, 2.75) is 75.3 Å². The fraction of sp³-hybridized carbons (Fsp3) is 0.364. The number of hydrogen-bond donors (Lipinski definition) is 0. The van der Waals surface area contributed by atoms with E-state index in [4.69, 9.17) is 0 Å². The number of benzene rings is 3. The molecule has 0 nitrogen and oxygen atoms in total. The molecule has 47 heavy (non-hydrogen) atoms. The summed E-state index contributed by atoms with van der Waals surface area (Å²) in [4.78, 5) is 0. The van der Waals surface area contributed by atoms with E-state index in [1.807, 2.05) is 30.3 Å². The van der Waals surface area contributed by atoms with E-state index in [0.717, 1.165) is 35.0 Å². The van der Waals surface area contributed by atoms with Gasteiger partial charge < -0.3 is 0 Å². The first kappa shape index (κ1) is 33.2. The fourth-order valence-electron chi connectivity index (χ4n) is 9.98. The Morgan fingerprint density at radius 1 is 0.617 bits per heavy atom. The van der Waals surface area contributed by atoms with Crippen molar-refractivity contribution in [2.24, 2.45) is 23.7 Å². The molecule has 4 saturated carbocycles. The molecule has 9 rings (SSSR count). The molecule has 8 atom stereocenters. The molecule has 4 fully saturated rings. The summed E-state index contributed by atoms with van der Waals surface area (Å²) in [6.07, 6.45) is 12.3. The van der Waals surface area contributed by atoms with Crippen molar-refractivity contribution < 1.29 is 17.1 Å². The Balaban J connectivity index is 0.000000538. The SMILES string of the molecule is C[C@H]([c-]1cccc1-c1ccccc1P(c1ccccc1)c1ccccc1)P(C1CC2CCC1C2)C1CC2CC[C@H]1C2.[Fe+2].c1cc[cH-]c1. The van der Waals surface area contributed by atoms with E-state index in [2.05, 4.69) is 110 Å². The summed E-state index contributed by atoms with van der Waals surface area (Å²) in [7, 11) is -0.657. The summed E-state index contributed by atoms with van der Waals surface area (Å²) in [6, 6.07) is 49.3. The van der Waals surface area contributed by atoms with E-state index < -0.39 is 7.92 Å². The standard InChI is InChI=1S/C39H43P2.C5H5.Fe/c1-27(40(38-25-28-19-21-30(38)23-28)39-26-29-20-22-31(39)24-29)34-16-10-17-35(34)36-15-8-9-18-37(36)41(32-11-4-2-5-12-32)33-13-6-3-7-14-33;1-2-4-5-3-1;/h2-18,27-31,38-39H,19-26H2,1H3;1-5H;/q2*-1;+2/t27-,28?,29?,30+,31?,38?,39?,40?;;/m1../s1. The molecule has 4 aliphatic rings. The summed E-state index contributed by atoms with van der Waals surface area (Å²) in [6.45, 7) is 2.67. The number of rotatable bonds is 8. The smallest absolute Gasteiger partial charge is 0.214 e. The van der Waals surface area contributed by atoms with Gasteiger partial charge in [0.05, 0.1) is 0 Å². The van der Waals surface area contributed by atoms with Crippen molar-refractivity contribution in [3.8, 4) is 11.1 Å². The Labute approximate surface area is 296 Å². The fourth-order valence-corrected chi connectivity index (χ4v) is 17.2. The van der Waals surface area contributed by atoms with Crippen LogP contribution in [0.1, 0.15) is 69.5 Å². The van der Waals surface area contributed by atoms with Crippen molar-refractivity contribution in [2.75, 3.05) is 0 Å². The summed E-state index contributed by atoms with van der Waals surface area (Å²) in [5.74, 6) is 4.15. The van der Waals surface area contributed by atoms with Crippen LogP contribution in [-0.4, -0.2) is 11.3 Å². The first-order chi connectivity index (χ1) is 22.7. The third-order valence-electron chi connectivity index (χ3n) is 11.9. The van der Waals surface area contributed by atoms with Crippen LogP contribution in [0.5, 0.6) is 0 Å². The molecule has 0 saturated heterocycles. The van der Waals surface area contributed by atoms with Gasteiger partial charge in [0.15, 0.2) is 0 Å². The first-order valence-electron chi connectivity index (χ1n) is 17.9. The number of fused-ring (bicyclic) bond motifs is 4. The minimum Gasteiger partial charge on any atom is -0.214 e. The van der Waals surface area contributed by atoms with Gasteiger partial charge in [-0.25, -0.2) is 12.1 Å². The average molecular weight is 695 g/mol. The van der Waals surface area contributed by atoms with Crippen LogP contribution in [0.4, 0.5) is 0 Å². The van der Waals surface area contributed by atoms with Crippen molar-refractivity contribution >= 4 is 31.8 Å². The second kappa shape index (κ2) is 15.1. The molecule has 4 bridgehead atoms. The molecule has 6 unspecified atom stereocenters. The van der Waals surface area contributed by atoms with Crippen molar-refractivity contribution in [3.05, 3.63) is 139 Å². The third-order valence-corrected chi connectivity index (χ3v) is 18.4. The molecule has 242 valence electrons. The van der Waals surface area contributed by atoms with Crippen LogP contribution in [0.2, 0.25) is 0 Å². The summed E-state index contributed by atoms with van der Waals surface area (Å²) in [5.41, 5.74) is 7.38. The zero-order valence-electron chi connectivity index (χ0n) is 27.6. The normalized spacial score (nSPS) is 26.9. The Bertz CT molecular complexity index is 1590. The second-order valence-electron chi connectivity index (χ2n) is 14.5. The van der Waals surface area contributed by atoms with Crippen LogP contribution in [0.25, 0.3) is 11.1 Å². The molecule has 5 aromatic carbocycles. The van der Waals surface area contributed by atoms with Gasteiger partial charge in [-0.2, -0.15) is 30.3 Å². The molecular weight excluding hydrogens is 646 g/mol. The quantitative estimate of drug-likeness (QED) is 0.0862. The second-order valence-corrected chi connectivity index (χ2v) is 19.7. The van der Waals surface area contributed by atoms with E-state index in [-0.39, 0.29) is 25.0 Å². The zero-order valence-corrected chi connectivity index (χ0v) is 30.5. The molecule has 0 aliphatic heterocycles.